The van der Waals surface area contributed by atoms with Gasteiger partial charge in [-0.2, -0.15) is 5.10 Å². The maximum Gasteiger partial charge on any atom is 0.253 e. The smallest absolute Gasteiger partial charge is 0.253 e. The molecule has 3 heterocycles. The van der Waals surface area contributed by atoms with Crippen LogP contribution < -0.4 is 0 Å². The fourth-order valence-corrected chi connectivity index (χ4v) is 5.05. The average Bonchev–Trinajstić information content (AvgIpc) is 3.14. The highest BCUT2D eigenvalue weighted by Gasteiger charge is 2.35. The molecule has 0 saturated carbocycles. The number of H-pyrrole nitrogens is 1. The number of nitrogens with zero attached hydrogens (tertiary/aromatic N) is 3. The predicted octanol–water partition coefficient (Wildman–Crippen LogP) is 4.37. The molecular formula is C23H24ClFN4O. The third-order valence-corrected chi connectivity index (χ3v) is 6.90. The van der Waals surface area contributed by atoms with Crippen molar-refractivity contribution in [3.63, 3.8) is 0 Å². The lowest BCUT2D eigenvalue weighted by atomic mass is 9.86. The highest BCUT2D eigenvalue weighted by Crippen LogP contribution is 2.33. The van der Waals surface area contributed by atoms with Gasteiger partial charge in [0, 0.05) is 43.2 Å². The first-order valence-corrected chi connectivity index (χ1v) is 10.8. The van der Waals surface area contributed by atoms with Crippen molar-refractivity contribution in [2.45, 2.75) is 31.7 Å². The standard InChI is InChI=1S/C23H24ClFN4O/c1-14-19-10-16(4-7-22(19)27-26-14)23(30)29-9-8-28-12-17(2-5-18(28)13-29)15-3-6-21(25)20(24)11-15/h3-4,6-7,10-11,17-18H,2,5,8-9,12-13H2,1H3,(H,26,27)/t17-,18+/m0/s1. The van der Waals surface area contributed by atoms with Crippen LogP contribution >= 0.6 is 11.6 Å². The number of halogens is 2. The van der Waals surface area contributed by atoms with Gasteiger partial charge in [-0.05, 0) is 61.6 Å². The number of piperazine rings is 1. The zero-order valence-electron chi connectivity index (χ0n) is 16.9. The maximum absolute atomic E-state index is 13.5. The summed E-state index contributed by atoms with van der Waals surface area (Å²) in [4.78, 5) is 17.6. The van der Waals surface area contributed by atoms with Crippen molar-refractivity contribution in [3.05, 3.63) is 64.1 Å². The Kier molecular flexibility index (Phi) is 4.99. The number of hydrogen-bond acceptors (Lipinski definition) is 3. The first-order chi connectivity index (χ1) is 14.5. The van der Waals surface area contributed by atoms with E-state index in [1.807, 2.05) is 36.1 Å². The number of carbonyl (C=O) groups excluding carboxylic acids is 1. The number of benzene rings is 2. The van der Waals surface area contributed by atoms with E-state index in [2.05, 4.69) is 15.1 Å². The fraction of sp³-hybridized carbons (Fsp3) is 0.391. The number of carbonyl (C=O) groups is 1. The van der Waals surface area contributed by atoms with Crippen molar-refractivity contribution in [2.75, 3.05) is 26.2 Å². The second-order valence-corrected chi connectivity index (χ2v) is 8.82. The first kappa shape index (κ1) is 19.5. The summed E-state index contributed by atoms with van der Waals surface area (Å²) in [5.74, 6) is 0.0719. The summed E-state index contributed by atoms with van der Waals surface area (Å²) in [6, 6.07) is 11.2. The third-order valence-electron chi connectivity index (χ3n) is 6.61. The lowest BCUT2D eigenvalue weighted by molar-refractivity contribution is 0.0329. The Morgan fingerprint density at radius 2 is 2.03 bits per heavy atom. The van der Waals surface area contributed by atoms with E-state index in [1.165, 1.54) is 6.07 Å². The van der Waals surface area contributed by atoms with Gasteiger partial charge in [0.25, 0.3) is 5.91 Å². The van der Waals surface area contributed by atoms with Crippen molar-refractivity contribution < 1.29 is 9.18 Å². The van der Waals surface area contributed by atoms with Gasteiger partial charge in [0.1, 0.15) is 5.82 Å². The number of piperidine rings is 1. The Balaban J connectivity index is 1.27. The number of nitrogens with one attached hydrogen (secondary N) is 1. The highest BCUT2D eigenvalue weighted by molar-refractivity contribution is 6.30. The van der Waals surface area contributed by atoms with Gasteiger partial charge in [-0.15, -0.1) is 0 Å². The molecule has 1 N–H and O–H groups in total. The van der Waals surface area contributed by atoms with Gasteiger partial charge >= 0.3 is 0 Å². The molecule has 1 aromatic heterocycles. The molecule has 2 aliphatic rings. The summed E-state index contributed by atoms with van der Waals surface area (Å²) in [6.45, 7) is 5.19. The van der Waals surface area contributed by atoms with Crippen LogP contribution in [0.1, 0.15) is 40.4 Å². The van der Waals surface area contributed by atoms with Gasteiger partial charge < -0.3 is 4.90 Å². The second-order valence-electron chi connectivity index (χ2n) is 8.42. The van der Waals surface area contributed by atoms with Gasteiger partial charge in [0.05, 0.1) is 16.2 Å². The molecule has 2 saturated heterocycles. The van der Waals surface area contributed by atoms with E-state index in [9.17, 15) is 9.18 Å². The van der Waals surface area contributed by atoms with E-state index in [-0.39, 0.29) is 16.7 Å². The Bertz CT molecular complexity index is 1110. The highest BCUT2D eigenvalue weighted by atomic mass is 35.5. The zero-order chi connectivity index (χ0) is 20.8. The lowest BCUT2D eigenvalue weighted by Crippen LogP contribution is -2.57. The van der Waals surface area contributed by atoms with E-state index in [0.717, 1.165) is 60.2 Å². The van der Waals surface area contributed by atoms with Crippen LogP contribution in [0.5, 0.6) is 0 Å². The lowest BCUT2D eigenvalue weighted by Gasteiger charge is -2.46. The Labute approximate surface area is 179 Å². The molecule has 3 aromatic rings. The normalized spacial score (nSPS) is 22.3. The van der Waals surface area contributed by atoms with Crippen LogP contribution in [0.15, 0.2) is 36.4 Å². The Morgan fingerprint density at radius 1 is 1.17 bits per heavy atom. The summed E-state index contributed by atoms with van der Waals surface area (Å²) < 4.78 is 13.5. The van der Waals surface area contributed by atoms with Gasteiger partial charge in [-0.25, -0.2) is 4.39 Å². The summed E-state index contributed by atoms with van der Waals surface area (Å²) in [5.41, 5.74) is 3.68. The monoisotopic (exact) mass is 426 g/mol. The molecule has 0 unspecified atom stereocenters. The minimum atomic E-state index is -0.370. The largest absolute Gasteiger partial charge is 0.336 e. The van der Waals surface area contributed by atoms with E-state index in [0.29, 0.717) is 18.5 Å². The minimum Gasteiger partial charge on any atom is -0.336 e. The molecule has 0 spiro atoms. The van der Waals surface area contributed by atoms with Gasteiger partial charge in [0.2, 0.25) is 0 Å². The topological polar surface area (TPSA) is 52.2 Å². The molecule has 2 fully saturated rings. The van der Waals surface area contributed by atoms with Crippen molar-refractivity contribution in [1.29, 1.82) is 0 Å². The predicted molar refractivity (Wildman–Crippen MR) is 115 cm³/mol. The van der Waals surface area contributed by atoms with Crippen LogP contribution in [0.4, 0.5) is 4.39 Å². The molecule has 0 bridgehead atoms. The van der Waals surface area contributed by atoms with Gasteiger partial charge in [-0.3, -0.25) is 14.8 Å². The van der Waals surface area contributed by atoms with E-state index in [1.54, 1.807) is 6.07 Å². The van der Waals surface area contributed by atoms with E-state index < -0.39 is 0 Å². The molecule has 1 amide bonds. The van der Waals surface area contributed by atoms with Crippen LogP contribution in [-0.2, 0) is 0 Å². The minimum absolute atomic E-state index is 0.0876. The summed E-state index contributed by atoms with van der Waals surface area (Å²) in [5, 5.41) is 8.39. The molecule has 156 valence electrons. The van der Waals surface area contributed by atoms with E-state index >= 15 is 0 Å². The molecule has 0 radical (unpaired) electrons. The third kappa shape index (κ3) is 3.48. The number of fused-ring (bicyclic) bond motifs is 2. The van der Waals surface area contributed by atoms with Crippen LogP contribution in [0.2, 0.25) is 5.02 Å². The van der Waals surface area contributed by atoms with E-state index in [4.69, 9.17) is 11.6 Å². The quantitative estimate of drug-likeness (QED) is 0.662. The number of aromatic nitrogens is 2. The zero-order valence-corrected chi connectivity index (χ0v) is 17.6. The second kappa shape index (κ2) is 7.67. The van der Waals surface area contributed by atoms with Gasteiger partial charge in [-0.1, -0.05) is 17.7 Å². The molecule has 30 heavy (non-hydrogen) atoms. The average molecular weight is 427 g/mol. The SMILES string of the molecule is Cc1n[nH]c2ccc(C(=O)N3CCN4C[C@@H](c5ccc(F)c(Cl)c5)CC[C@@H]4C3)cc12. The molecule has 0 aliphatic carbocycles. The summed E-state index contributed by atoms with van der Waals surface area (Å²) >= 11 is 5.98. The molecule has 7 heteroatoms. The maximum atomic E-state index is 13.5. The molecule has 2 aromatic carbocycles. The number of aryl methyl sites for hydroxylation is 1. The van der Waals surface area contributed by atoms with Crippen molar-refractivity contribution in [3.8, 4) is 0 Å². The number of hydrogen-bond donors (Lipinski definition) is 1. The van der Waals surface area contributed by atoms with Gasteiger partial charge in [0.15, 0.2) is 0 Å². The first-order valence-electron chi connectivity index (χ1n) is 10.4. The number of aromatic amines is 1. The Morgan fingerprint density at radius 3 is 2.87 bits per heavy atom. The molecule has 2 atom stereocenters. The molecule has 5 rings (SSSR count). The number of amides is 1. The van der Waals surface area contributed by atoms with Crippen LogP contribution in [0.3, 0.4) is 0 Å². The van der Waals surface area contributed by atoms with Crippen molar-refractivity contribution in [1.82, 2.24) is 20.0 Å². The van der Waals surface area contributed by atoms with Crippen molar-refractivity contribution >= 4 is 28.4 Å². The van der Waals surface area contributed by atoms with Crippen LogP contribution in [0.25, 0.3) is 10.9 Å². The van der Waals surface area contributed by atoms with Crippen LogP contribution in [0, 0.1) is 12.7 Å². The molecule has 5 nitrogen and oxygen atoms in total. The summed E-state index contributed by atoms with van der Waals surface area (Å²) in [7, 11) is 0. The fourth-order valence-electron chi connectivity index (χ4n) is 4.86. The van der Waals surface area contributed by atoms with Crippen molar-refractivity contribution in [2.24, 2.45) is 0 Å². The molecular weight excluding hydrogens is 403 g/mol. The Hall–Kier alpha value is -2.44. The number of rotatable bonds is 2. The summed E-state index contributed by atoms with van der Waals surface area (Å²) in [6.07, 6.45) is 2.04. The molecule has 2 aliphatic heterocycles. The van der Waals surface area contributed by atoms with Crippen LogP contribution in [-0.4, -0.2) is 58.1 Å².